The Bertz CT molecular complexity index is 507. The first-order valence-electron chi connectivity index (χ1n) is 5.27. The van der Waals surface area contributed by atoms with Crippen molar-refractivity contribution in [3.63, 3.8) is 0 Å². The summed E-state index contributed by atoms with van der Waals surface area (Å²) in [7, 11) is 1.66. The summed E-state index contributed by atoms with van der Waals surface area (Å²) < 4.78 is 6.22. The molecule has 17 heavy (non-hydrogen) atoms. The first kappa shape index (κ1) is 12.6. The van der Waals surface area contributed by atoms with E-state index in [-0.39, 0.29) is 6.04 Å². The standard InChI is InChI=1S/C13H14BrNOS/c1-8-7-11(14)13(17-8)12(15)9-3-5-10(16-2)6-4-9/h3-7,12H,15H2,1-2H3. The fourth-order valence-electron chi connectivity index (χ4n) is 1.68. The molecule has 0 saturated carbocycles. The van der Waals surface area contributed by atoms with Crippen LogP contribution in [0.25, 0.3) is 0 Å². The van der Waals surface area contributed by atoms with Gasteiger partial charge in [-0.05, 0) is 46.6 Å². The molecule has 0 aliphatic heterocycles. The number of nitrogens with two attached hydrogens (primary N) is 1. The van der Waals surface area contributed by atoms with Gasteiger partial charge in [0, 0.05) is 14.2 Å². The molecule has 2 nitrogen and oxygen atoms in total. The first-order valence-corrected chi connectivity index (χ1v) is 6.88. The molecule has 0 fully saturated rings. The Balaban J connectivity index is 2.30. The van der Waals surface area contributed by atoms with Crippen molar-refractivity contribution in [3.05, 3.63) is 50.1 Å². The molecule has 0 saturated heterocycles. The zero-order chi connectivity index (χ0) is 12.4. The number of rotatable bonds is 3. The number of halogens is 1. The van der Waals surface area contributed by atoms with Crippen molar-refractivity contribution in [1.82, 2.24) is 0 Å². The molecular formula is C13H14BrNOS. The van der Waals surface area contributed by atoms with Crippen LogP contribution in [0.3, 0.4) is 0 Å². The van der Waals surface area contributed by atoms with E-state index >= 15 is 0 Å². The first-order chi connectivity index (χ1) is 8.11. The van der Waals surface area contributed by atoms with E-state index in [4.69, 9.17) is 10.5 Å². The molecule has 90 valence electrons. The summed E-state index contributed by atoms with van der Waals surface area (Å²) in [6, 6.07) is 9.89. The fraction of sp³-hybridized carbons (Fsp3) is 0.231. The highest BCUT2D eigenvalue weighted by Gasteiger charge is 2.14. The Kier molecular flexibility index (Phi) is 3.86. The number of benzene rings is 1. The Morgan fingerprint density at radius 2 is 1.94 bits per heavy atom. The number of hydrogen-bond acceptors (Lipinski definition) is 3. The van der Waals surface area contributed by atoms with Gasteiger partial charge in [-0.2, -0.15) is 0 Å². The minimum Gasteiger partial charge on any atom is -0.497 e. The maximum absolute atomic E-state index is 6.26. The molecule has 1 heterocycles. The summed E-state index contributed by atoms with van der Waals surface area (Å²) in [6.07, 6.45) is 0. The highest BCUT2D eigenvalue weighted by atomic mass is 79.9. The maximum Gasteiger partial charge on any atom is 0.118 e. The number of methoxy groups -OCH3 is 1. The average Bonchev–Trinajstić information content (AvgIpc) is 2.68. The van der Waals surface area contributed by atoms with Crippen LogP contribution in [0, 0.1) is 6.92 Å². The second-order valence-electron chi connectivity index (χ2n) is 3.82. The molecule has 2 rings (SSSR count). The van der Waals surface area contributed by atoms with E-state index in [1.54, 1.807) is 18.4 Å². The zero-order valence-electron chi connectivity index (χ0n) is 9.74. The van der Waals surface area contributed by atoms with Crippen molar-refractivity contribution in [1.29, 1.82) is 0 Å². The lowest BCUT2D eigenvalue weighted by Crippen LogP contribution is -2.10. The SMILES string of the molecule is COc1ccc(C(N)c2sc(C)cc2Br)cc1. The summed E-state index contributed by atoms with van der Waals surface area (Å²) in [5.41, 5.74) is 7.35. The highest BCUT2D eigenvalue weighted by Crippen LogP contribution is 2.34. The van der Waals surface area contributed by atoms with E-state index in [2.05, 4.69) is 28.9 Å². The molecule has 0 aliphatic rings. The van der Waals surface area contributed by atoms with Gasteiger partial charge in [-0.3, -0.25) is 0 Å². The Morgan fingerprint density at radius 3 is 2.41 bits per heavy atom. The normalized spacial score (nSPS) is 12.5. The topological polar surface area (TPSA) is 35.2 Å². The van der Waals surface area contributed by atoms with Gasteiger partial charge in [0.25, 0.3) is 0 Å². The van der Waals surface area contributed by atoms with Crippen LogP contribution in [0.1, 0.15) is 21.4 Å². The smallest absolute Gasteiger partial charge is 0.118 e. The van der Waals surface area contributed by atoms with Crippen LogP contribution in [0.15, 0.2) is 34.8 Å². The third kappa shape index (κ3) is 2.70. The quantitative estimate of drug-likeness (QED) is 0.933. The Labute approximate surface area is 114 Å². The molecule has 1 aromatic carbocycles. The summed E-state index contributed by atoms with van der Waals surface area (Å²) in [6.45, 7) is 2.08. The van der Waals surface area contributed by atoms with Crippen molar-refractivity contribution in [2.45, 2.75) is 13.0 Å². The van der Waals surface area contributed by atoms with Gasteiger partial charge in [0.05, 0.1) is 13.2 Å². The Hall–Kier alpha value is -0.840. The largest absolute Gasteiger partial charge is 0.497 e. The van der Waals surface area contributed by atoms with Crippen LogP contribution in [0.5, 0.6) is 5.75 Å². The van der Waals surface area contributed by atoms with Gasteiger partial charge >= 0.3 is 0 Å². The van der Waals surface area contributed by atoms with Crippen LogP contribution in [-0.2, 0) is 0 Å². The van der Waals surface area contributed by atoms with Crippen molar-refractivity contribution in [2.75, 3.05) is 7.11 Å². The monoisotopic (exact) mass is 311 g/mol. The minimum absolute atomic E-state index is 0.0889. The van der Waals surface area contributed by atoms with Crippen molar-refractivity contribution < 1.29 is 4.74 Å². The van der Waals surface area contributed by atoms with Crippen molar-refractivity contribution in [2.24, 2.45) is 5.73 Å². The van der Waals surface area contributed by atoms with E-state index < -0.39 is 0 Å². The summed E-state index contributed by atoms with van der Waals surface area (Å²) in [4.78, 5) is 2.42. The lowest BCUT2D eigenvalue weighted by molar-refractivity contribution is 0.414. The van der Waals surface area contributed by atoms with Crippen molar-refractivity contribution in [3.8, 4) is 5.75 Å². The molecule has 0 spiro atoms. The molecule has 2 N–H and O–H groups in total. The number of ether oxygens (including phenoxy) is 1. The molecule has 2 aromatic rings. The molecule has 0 amide bonds. The van der Waals surface area contributed by atoms with Gasteiger partial charge in [0.2, 0.25) is 0 Å². The highest BCUT2D eigenvalue weighted by molar-refractivity contribution is 9.10. The Morgan fingerprint density at radius 1 is 1.29 bits per heavy atom. The van der Waals surface area contributed by atoms with Gasteiger partial charge in [0.1, 0.15) is 5.75 Å². The maximum atomic E-state index is 6.26. The van der Waals surface area contributed by atoms with Crippen molar-refractivity contribution >= 4 is 27.3 Å². The molecule has 4 heteroatoms. The summed E-state index contributed by atoms with van der Waals surface area (Å²) >= 11 is 5.27. The van der Waals surface area contributed by atoms with E-state index in [1.807, 2.05) is 24.3 Å². The van der Waals surface area contributed by atoms with Gasteiger partial charge in [-0.15, -0.1) is 11.3 Å². The number of thiophene rings is 1. The third-order valence-corrected chi connectivity index (χ3v) is 4.65. The van der Waals surface area contributed by atoms with Gasteiger partial charge in [-0.1, -0.05) is 12.1 Å². The second kappa shape index (κ2) is 5.21. The molecule has 1 atom stereocenters. The molecule has 0 radical (unpaired) electrons. The molecule has 0 aliphatic carbocycles. The third-order valence-electron chi connectivity index (χ3n) is 2.59. The predicted molar refractivity (Wildman–Crippen MR) is 75.8 cm³/mol. The number of aryl methyl sites for hydroxylation is 1. The fourth-order valence-corrected chi connectivity index (χ4v) is 3.60. The summed E-state index contributed by atoms with van der Waals surface area (Å²) in [5.74, 6) is 0.849. The van der Waals surface area contributed by atoms with Crippen LogP contribution >= 0.6 is 27.3 Å². The number of hydrogen-bond donors (Lipinski definition) is 1. The van der Waals surface area contributed by atoms with E-state index in [9.17, 15) is 0 Å². The van der Waals surface area contributed by atoms with Gasteiger partial charge in [-0.25, -0.2) is 0 Å². The molecule has 0 bridgehead atoms. The second-order valence-corrected chi connectivity index (χ2v) is 5.96. The average molecular weight is 312 g/mol. The lowest BCUT2D eigenvalue weighted by atomic mass is 10.1. The van der Waals surface area contributed by atoms with E-state index in [0.717, 1.165) is 20.7 Å². The predicted octanol–water partition coefficient (Wildman–Crippen LogP) is 3.88. The van der Waals surface area contributed by atoms with Crippen LogP contribution in [-0.4, -0.2) is 7.11 Å². The lowest BCUT2D eigenvalue weighted by Gasteiger charge is -2.11. The van der Waals surface area contributed by atoms with Gasteiger partial charge < -0.3 is 10.5 Å². The van der Waals surface area contributed by atoms with Crippen LogP contribution in [0.4, 0.5) is 0 Å². The zero-order valence-corrected chi connectivity index (χ0v) is 12.1. The molecule has 1 aromatic heterocycles. The van der Waals surface area contributed by atoms with E-state index in [1.165, 1.54) is 4.88 Å². The molecular weight excluding hydrogens is 298 g/mol. The van der Waals surface area contributed by atoms with Crippen LogP contribution < -0.4 is 10.5 Å². The van der Waals surface area contributed by atoms with Gasteiger partial charge in [0.15, 0.2) is 0 Å². The summed E-state index contributed by atoms with van der Waals surface area (Å²) in [5, 5.41) is 0. The van der Waals surface area contributed by atoms with E-state index in [0.29, 0.717) is 0 Å². The van der Waals surface area contributed by atoms with Crippen LogP contribution in [0.2, 0.25) is 0 Å². The molecule has 1 unspecified atom stereocenters. The minimum atomic E-state index is -0.0889.